The molecule has 0 aliphatic carbocycles. The molecule has 0 aliphatic heterocycles. The molecule has 1 aromatic rings. The van der Waals surface area contributed by atoms with Crippen LogP contribution in [0.5, 0.6) is 5.75 Å². The van der Waals surface area contributed by atoms with E-state index in [1.807, 2.05) is 0 Å². The molecule has 0 saturated heterocycles. The Morgan fingerprint density at radius 2 is 2.25 bits per heavy atom. The van der Waals surface area contributed by atoms with E-state index < -0.39 is 12.6 Å². The quantitative estimate of drug-likeness (QED) is 0.585. The fourth-order valence-corrected chi connectivity index (χ4v) is 1.32. The summed E-state index contributed by atoms with van der Waals surface area (Å²) < 4.78 is 5.09. The molecule has 16 heavy (non-hydrogen) atoms. The molecule has 4 nitrogen and oxygen atoms in total. The lowest BCUT2D eigenvalue weighted by Gasteiger charge is -2.10. The van der Waals surface area contributed by atoms with E-state index in [2.05, 4.69) is 6.58 Å². The zero-order valence-electron chi connectivity index (χ0n) is 8.68. The second-order valence-electron chi connectivity index (χ2n) is 3.13. The second-order valence-corrected chi connectivity index (χ2v) is 3.13. The average molecular weight is 220 g/mol. The van der Waals surface area contributed by atoms with Gasteiger partial charge in [0.25, 0.3) is 0 Å². The summed E-state index contributed by atoms with van der Waals surface area (Å²) in [5.74, 6) is -0.759. The number of hydrogen-bond acceptors (Lipinski definition) is 3. The summed E-state index contributed by atoms with van der Waals surface area (Å²) in [7, 11) is 0. The number of carbonyl (C=O) groups is 2. The number of carbonyl (C=O) groups excluding carboxylic acids is 1. The van der Waals surface area contributed by atoms with Crippen LogP contribution in [0.4, 0.5) is 0 Å². The van der Waals surface area contributed by atoms with E-state index in [0.29, 0.717) is 24.0 Å². The van der Waals surface area contributed by atoms with Gasteiger partial charge in [-0.25, -0.2) is 4.79 Å². The summed E-state index contributed by atoms with van der Waals surface area (Å²) >= 11 is 0. The first-order chi connectivity index (χ1) is 7.69. The number of carboxylic acid groups (broad SMARTS) is 1. The van der Waals surface area contributed by atoms with Gasteiger partial charge in [-0.15, -0.1) is 6.58 Å². The lowest BCUT2D eigenvalue weighted by Crippen LogP contribution is -2.11. The highest BCUT2D eigenvalue weighted by molar-refractivity contribution is 5.80. The third-order valence-electron chi connectivity index (χ3n) is 1.96. The highest BCUT2D eigenvalue weighted by Crippen LogP contribution is 2.23. The van der Waals surface area contributed by atoms with Crippen LogP contribution in [0.2, 0.25) is 0 Å². The molecular weight excluding hydrogens is 208 g/mol. The minimum absolute atomic E-state index is 0.319. The lowest BCUT2D eigenvalue weighted by molar-refractivity contribution is -0.139. The summed E-state index contributed by atoms with van der Waals surface area (Å²) in [5, 5.41) is 8.53. The second kappa shape index (κ2) is 5.70. The van der Waals surface area contributed by atoms with Crippen molar-refractivity contribution in [2.24, 2.45) is 0 Å². The van der Waals surface area contributed by atoms with Crippen molar-refractivity contribution in [2.75, 3.05) is 6.61 Å². The Hall–Kier alpha value is -2.10. The van der Waals surface area contributed by atoms with Crippen LogP contribution >= 0.6 is 0 Å². The van der Waals surface area contributed by atoms with Gasteiger partial charge in [-0.05, 0) is 18.1 Å². The first-order valence-electron chi connectivity index (χ1n) is 4.71. The number of allylic oxidation sites excluding steroid dienone is 1. The smallest absolute Gasteiger partial charge is 0.341 e. The summed E-state index contributed by atoms with van der Waals surface area (Å²) in [5.41, 5.74) is 1.10. The number of aldehydes is 1. The summed E-state index contributed by atoms with van der Waals surface area (Å²) in [6.07, 6.45) is 2.83. The topological polar surface area (TPSA) is 63.6 Å². The fraction of sp³-hybridized carbons (Fsp3) is 0.167. The van der Waals surface area contributed by atoms with Crippen LogP contribution in [0, 0.1) is 0 Å². The maximum Gasteiger partial charge on any atom is 0.341 e. The van der Waals surface area contributed by atoms with E-state index in [1.54, 1.807) is 24.3 Å². The van der Waals surface area contributed by atoms with E-state index in [0.717, 1.165) is 5.56 Å². The van der Waals surface area contributed by atoms with Crippen molar-refractivity contribution in [1.82, 2.24) is 0 Å². The Kier molecular flexibility index (Phi) is 4.27. The zero-order valence-corrected chi connectivity index (χ0v) is 8.68. The maximum absolute atomic E-state index is 10.8. The van der Waals surface area contributed by atoms with Crippen LogP contribution in [-0.4, -0.2) is 24.0 Å². The minimum atomic E-state index is -1.08. The number of hydrogen-bond donors (Lipinski definition) is 1. The van der Waals surface area contributed by atoms with Crippen LogP contribution in [0.25, 0.3) is 0 Å². The maximum atomic E-state index is 10.8. The number of rotatable bonds is 6. The Morgan fingerprint density at radius 3 is 2.81 bits per heavy atom. The Labute approximate surface area is 93.2 Å². The van der Waals surface area contributed by atoms with Crippen LogP contribution in [0.1, 0.15) is 15.9 Å². The van der Waals surface area contributed by atoms with Crippen molar-refractivity contribution in [3.05, 3.63) is 42.0 Å². The van der Waals surface area contributed by atoms with Gasteiger partial charge >= 0.3 is 5.97 Å². The third kappa shape index (κ3) is 2.95. The fourth-order valence-electron chi connectivity index (χ4n) is 1.32. The van der Waals surface area contributed by atoms with Crippen LogP contribution in [0.15, 0.2) is 30.9 Å². The van der Waals surface area contributed by atoms with Crippen molar-refractivity contribution in [2.45, 2.75) is 6.42 Å². The average Bonchev–Trinajstić information content (AvgIpc) is 2.27. The van der Waals surface area contributed by atoms with Gasteiger partial charge in [0.2, 0.25) is 0 Å². The molecule has 0 saturated carbocycles. The molecule has 0 amide bonds. The molecule has 0 heterocycles. The van der Waals surface area contributed by atoms with Crippen molar-refractivity contribution in [1.29, 1.82) is 0 Å². The molecule has 0 bridgehead atoms. The molecule has 4 heteroatoms. The van der Waals surface area contributed by atoms with E-state index >= 15 is 0 Å². The van der Waals surface area contributed by atoms with Gasteiger partial charge in [0.1, 0.15) is 5.75 Å². The number of benzene rings is 1. The van der Waals surface area contributed by atoms with E-state index in [4.69, 9.17) is 9.84 Å². The Balaban J connectivity index is 3.03. The largest absolute Gasteiger partial charge is 0.481 e. The van der Waals surface area contributed by atoms with Crippen molar-refractivity contribution < 1.29 is 19.4 Å². The first-order valence-corrected chi connectivity index (χ1v) is 4.71. The number of para-hydroxylation sites is 1. The molecule has 0 unspecified atom stereocenters. The summed E-state index contributed by atoms with van der Waals surface area (Å²) in [6.45, 7) is 3.12. The van der Waals surface area contributed by atoms with Crippen LogP contribution < -0.4 is 4.74 Å². The van der Waals surface area contributed by atoms with Crippen LogP contribution in [0.3, 0.4) is 0 Å². The van der Waals surface area contributed by atoms with Gasteiger partial charge in [-0.1, -0.05) is 18.2 Å². The molecule has 1 aromatic carbocycles. The molecule has 1 N–H and O–H groups in total. The van der Waals surface area contributed by atoms with Gasteiger partial charge in [0, 0.05) is 0 Å². The van der Waals surface area contributed by atoms with Crippen LogP contribution in [-0.2, 0) is 11.2 Å². The Bertz CT molecular complexity index is 409. The highest BCUT2D eigenvalue weighted by Gasteiger charge is 2.09. The summed E-state index contributed by atoms with van der Waals surface area (Å²) in [4.78, 5) is 21.2. The van der Waals surface area contributed by atoms with E-state index in [9.17, 15) is 9.59 Å². The normalized spacial score (nSPS) is 9.50. The molecular formula is C12H12O4. The SMILES string of the molecule is C=CCc1cccc(C=O)c1OCC(=O)O. The van der Waals surface area contributed by atoms with Gasteiger partial charge in [0.15, 0.2) is 12.9 Å². The number of carboxylic acids is 1. The standard InChI is InChI=1S/C12H12O4/c1-2-4-9-5-3-6-10(7-13)12(9)16-8-11(14)15/h2-3,5-7H,1,4,8H2,(H,14,15). The molecule has 0 fully saturated rings. The molecule has 0 aromatic heterocycles. The predicted molar refractivity (Wildman–Crippen MR) is 58.9 cm³/mol. The van der Waals surface area contributed by atoms with Gasteiger partial charge in [-0.3, -0.25) is 4.79 Å². The highest BCUT2D eigenvalue weighted by atomic mass is 16.5. The molecule has 0 spiro atoms. The molecule has 0 atom stereocenters. The van der Waals surface area contributed by atoms with Gasteiger partial charge < -0.3 is 9.84 Å². The molecule has 84 valence electrons. The van der Waals surface area contributed by atoms with Gasteiger partial charge in [0.05, 0.1) is 5.56 Å². The van der Waals surface area contributed by atoms with Crippen molar-refractivity contribution in [3.8, 4) is 5.75 Å². The minimum Gasteiger partial charge on any atom is -0.481 e. The zero-order chi connectivity index (χ0) is 12.0. The third-order valence-corrected chi connectivity index (χ3v) is 1.96. The monoisotopic (exact) mass is 220 g/mol. The van der Waals surface area contributed by atoms with E-state index in [1.165, 1.54) is 0 Å². The summed E-state index contributed by atoms with van der Waals surface area (Å²) in [6, 6.07) is 5.07. The van der Waals surface area contributed by atoms with E-state index in [-0.39, 0.29) is 0 Å². The molecule has 0 aliphatic rings. The van der Waals surface area contributed by atoms with Crippen molar-refractivity contribution in [3.63, 3.8) is 0 Å². The number of ether oxygens (including phenoxy) is 1. The van der Waals surface area contributed by atoms with Gasteiger partial charge in [-0.2, -0.15) is 0 Å². The predicted octanol–water partition coefficient (Wildman–Crippen LogP) is 1.69. The lowest BCUT2D eigenvalue weighted by atomic mass is 10.1. The molecule has 1 rings (SSSR count). The van der Waals surface area contributed by atoms with Crippen molar-refractivity contribution >= 4 is 12.3 Å². The first kappa shape index (κ1) is 12.0. The number of aliphatic carboxylic acids is 1. The Morgan fingerprint density at radius 1 is 1.50 bits per heavy atom. The molecule has 0 radical (unpaired) electrons.